The van der Waals surface area contributed by atoms with E-state index in [0.717, 1.165) is 11.1 Å². The van der Waals surface area contributed by atoms with Gasteiger partial charge in [-0.1, -0.05) is 23.7 Å². The summed E-state index contributed by atoms with van der Waals surface area (Å²) in [6.07, 6.45) is 1.54. The van der Waals surface area contributed by atoms with Gasteiger partial charge in [-0.25, -0.2) is 4.98 Å². The van der Waals surface area contributed by atoms with Crippen molar-refractivity contribution in [3.05, 3.63) is 52.7 Å². The second-order valence-electron chi connectivity index (χ2n) is 3.93. The van der Waals surface area contributed by atoms with Crippen molar-refractivity contribution in [3.8, 4) is 11.6 Å². The van der Waals surface area contributed by atoms with Crippen LogP contribution in [0.5, 0.6) is 11.6 Å². The van der Waals surface area contributed by atoms with Crippen LogP contribution in [-0.2, 0) is 17.2 Å². The topological polar surface area (TPSA) is 31.4 Å². The Morgan fingerprint density at radius 3 is 2.84 bits per heavy atom. The lowest BCUT2D eigenvalue weighted by atomic mass is 10.2. The van der Waals surface area contributed by atoms with Crippen LogP contribution in [0.25, 0.3) is 0 Å². The van der Waals surface area contributed by atoms with E-state index >= 15 is 0 Å². The summed E-state index contributed by atoms with van der Waals surface area (Å²) in [5.74, 6) is 1.49. The Morgan fingerprint density at radius 2 is 2.11 bits per heavy atom. The lowest BCUT2D eigenvalue weighted by Crippen LogP contribution is -1.92. The third kappa shape index (κ3) is 3.83. The molecule has 2 rings (SSSR count). The molecule has 5 heteroatoms. The molecule has 0 spiro atoms. The van der Waals surface area contributed by atoms with Gasteiger partial charge in [-0.2, -0.15) is 0 Å². The largest absolute Gasteiger partial charge is 0.439 e. The average molecular weight is 298 g/mol. The van der Waals surface area contributed by atoms with Gasteiger partial charge in [0.2, 0.25) is 5.88 Å². The highest BCUT2D eigenvalue weighted by atomic mass is 35.5. The van der Waals surface area contributed by atoms with E-state index in [9.17, 15) is 0 Å². The number of rotatable bonds is 5. The maximum atomic E-state index is 5.95. The van der Waals surface area contributed by atoms with Gasteiger partial charge in [0, 0.05) is 25.3 Å². The molecule has 2 aromatic rings. The molecule has 0 radical (unpaired) electrons. The summed E-state index contributed by atoms with van der Waals surface area (Å²) in [5, 5.41) is 0.537. The molecule has 0 saturated heterocycles. The zero-order valence-electron chi connectivity index (χ0n) is 10.4. The number of ether oxygens (including phenoxy) is 2. The van der Waals surface area contributed by atoms with Crippen LogP contribution in [0.2, 0.25) is 5.02 Å². The van der Waals surface area contributed by atoms with Gasteiger partial charge in [0.1, 0.15) is 5.75 Å². The number of aromatic nitrogens is 1. The van der Waals surface area contributed by atoms with Gasteiger partial charge in [-0.3, -0.25) is 0 Å². The maximum Gasteiger partial charge on any atom is 0.219 e. The van der Waals surface area contributed by atoms with Crippen molar-refractivity contribution in [3.63, 3.8) is 0 Å². The molecule has 19 heavy (non-hydrogen) atoms. The lowest BCUT2D eigenvalue weighted by Gasteiger charge is -2.08. The Balaban J connectivity index is 2.18. The summed E-state index contributed by atoms with van der Waals surface area (Å²) < 4.78 is 10.8. The molecular formula is C14H13Cl2NO2. The molecule has 0 unspecified atom stereocenters. The standard InChI is InChI=1S/C14H13Cl2NO2/c1-18-9-10-3-2-4-12(5-10)19-14-6-11(7-15)13(16)8-17-14/h2-6,8H,7,9H2,1H3. The number of alkyl halides is 1. The summed E-state index contributed by atoms with van der Waals surface area (Å²) in [4.78, 5) is 4.11. The predicted octanol–water partition coefficient (Wildman–Crippen LogP) is 4.41. The number of methoxy groups -OCH3 is 1. The van der Waals surface area contributed by atoms with Crippen LogP contribution in [0.1, 0.15) is 11.1 Å². The van der Waals surface area contributed by atoms with E-state index in [1.807, 2.05) is 24.3 Å². The Bertz CT molecular complexity index is 561. The minimum Gasteiger partial charge on any atom is -0.439 e. The van der Waals surface area contributed by atoms with Gasteiger partial charge in [0.15, 0.2) is 0 Å². The molecule has 0 bridgehead atoms. The van der Waals surface area contributed by atoms with E-state index in [2.05, 4.69) is 4.98 Å². The van der Waals surface area contributed by atoms with E-state index in [4.69, 9.17) is 32.7 Å². The predicted molar refractivity (Wildman–Crippen MR) is 76.0 cm³/mol. The SMILES string of the molecule is COCc1cccc(Oc2cc(CCl)c(Cl)cn2)c1. The molecule has 1 aromatic carbocycles. The summed E-state index contributed by atoms with van der Waals surface area (Å²) >= 11 is 11.7. The van der Waals surface area contributed by atoms with E-state index in [1.54, 1.807) is 13.2 Å². The first-order chi connectivity index (χ1) is 9.22. The first-order valence-corrected chi connectivity index (χ1v) is 6.60. The van der Waals surface area contributed by atoms with Crippen LogP contribution in [0.15, 0.2) is 36.5 Å². The van der Waals surface area contributed by atoms with Gasteiger partial charge in [-0.15, -0.1) is 11.6 Å². The number of halogens is 2. The van der Waals surface area contributed by atoms with E-state index in [0.29, 0.717) is 29.1 Å². The number of hydrogen-bond donors (Lipinski definition) is 0. The monoisotopic (exact) mass is 297 g/mol. The van der Waals surface area contributed by atoms with Crippen molar-refractivity contribution in [2.24, 2.45) is 0 Å². The van der Waals surface area contributed by atoms with Crippen LogP contribution in [0.3, 0.4) is 0 Å². The normalized spacial score (nSPS) is 10.5. The molecule has 0 aliphatic carbocycles. The maximum absolute atomic E-state index is 5.95. The average Bonchev–Trinajstić information content (AvgIpc) is 2.42. The van der Waals surface area contributed by atoms with Crippen LogP contribution in [0, 0.1) is 0 Å². The highest BCUT2D eigenvalue weighted by Gasteiger charge is 2.05. The van der Waals surface area contributed by atoms with Gasteiger partial charge >= 0.3 is 0 Å². The van der Waals surface area contributed by atoms with Gasteiger partial charge < -0.3 is 9.47 Å². The molecule has 0 fully saturated rings. The second kappa shape index (κ2) is 6.75. The molecule has 1 aromatic heterocycles. The minimum atomic E-state index is 0.321. The second-order valence-corrected chi connectivity index (χ2v) is 4.60. The zero-order valence-corrected chi connectivity index (χ0v) is 11.9. The summed E-state index contributed by atoms with van der Waals surface area (Å²) in [5.41, 5.74) is 1.83. The molecule has 0 atom stereocenters. The van der Waals surface area contributed by atoms with Crippen LogP contribution < -0.4 is 4.74 Å². The van der Waals surface area contributed by atoms with Crippen molar-refractivity contribution in [2.75, 3.05) is 7.11 Å². The number of nitrogens with zero attached hydrogens (tertiary/aromatic N) is 1. The third-order valence-corrected chi connectivity index (χ3v) is 3.11. The van der Waals surface area contributed by atoms with Crippen LogP contribution in [0.4, 0.5) is 0 Å². The van der Waals surface area contributed by atoms with Crippen LogP contribution >= 0.6 is 23.2 Å². The fourth-order valence-electron chi connectivity index (χ4n) is 1.60. The quantitative estimate of drug-likeness (QED) is 0.766. The molecule has 100 valence electrons. The number of pyridine rings is 1. The number of hydrogen-bond acceptors (Lipinski definition) is 3. The zero-order chi connectivity index (χ0) is 13.7. The highest BCUT2D eigenvalue weighted by molar-refractivity contribution is 6.32. The van der Waals surface area contributed by atoms with Gasteiger partial charge in [-0.05, 0) is 23.3 Å². The summed E-state index contributed by atoms with van der Waals surface area (Å²) in [6.45, 7) is 0.540. The van der Waals surface area contributed by atoms with E-state index in [1.165, 1.54) is 6.20 Å². The molecule has 0 aliphatic rings. The fraction of sp³-hybridized carbons (Fsp3) is 0.214. The van der Waals surface area contributed by atoms with Gasteiger partial charge in [0.25, 0.3) is 0 Å². The highest BCUT2D eigenvalue weighted by Crippen LogP contribution is 2.25. The van der Waals surface area contributed by atoms with Crippen molar-refractivity contribution in [1.82, 2.24) is 4.98 Å². The van der Waals surface area contributed by atoms with Crippen molar-refractivity contribution in [2.45, 2.75) is 12.5 Å². The lowest BCUT2D eigenvalue weighted by molar-refractivity contribution is 0.184. The molecule has 0 aliphatic heterocycles. The Kier molecular flexibility index (Phi) is 5.02. The molecule has 0 amide bonds. The molecule has 0 N–H and O–H groups in total. The molecular weight excluding hydrogens is 285 g/mol. The smallest absolute Gasteiger partial charge is 0.219 e. The third-order valence-electron chi connectivity index (χ3n) is 2.49. The van der Waals surface area contributed by atoms with Crippen molar-refractivity contribution in [1.29, 1.82) is 0 Å². The molecule has 0 saturated carbocycles. The fourth-order valence-corrected chi connectivity index (χ4v) is 2.06. The Labute approximate surface area is 122 Å². The van der Waals surface area contributed by atoms with Crippen molar-refractivity contribution < 1.29 is 9.47 Å². The number of benzene rings is 1. The Morgan fingerprint density at radius 1 is 1.26 bits per heavy atom. The molecule has 1 heterocycles. The first kappa shape index (κ1) is 14.1. The van der Waals surface area contributed by atoms with Gasteiger partial charge in [0.05, 0.1) is 11.6 Å². The van der Waals surface area contributed by atoms with E-state index in [-0.39, 0.29) is 0 Å². The first-order valence-electron chi connectivity index (χ1n) is 5.69. The minimum absolute atomic E-state index is 0.321. The Hall–Kier alpha value is -1.29. The summed E-state index contributed by atoms with van der Waals surface area (Å²) in [7, 11) is 1.65. The summed E-state index contributed by atoms with van der Waals surface area (Å²) in [6, 6.07) is 9.37. The molecule has 3 nitrogen and oxygen atoms in total. The van der Waals surface area contributed by atoms with E-state index < -0.39 is 0 Å². The van der Waals surface area contributed by atoms with Crippen LogP contribution in [-0.4, -0.2) is 12.1 Å². The van der Waals surface area contributed by atoms with Crippen molar-refractivity contribution >= 4 is 23.2 Å².